The first-order chi connectivity index (χ1) is 10.4. The molecule has 0 spiro atoms. The minimum atomic E-state index is -1.01. The third-order valence-corrected chi connectivity index (χ3v) is 3.86. The molecule has 0 bridgehead atoms. The van der Waals surface area contributed by atoms with E-state index >= 15 is 0 Å². The second-order valence-electron chi connectivity index (χ2n) is 4.45. The van der Waals surface area contributed by atoms with Crippen LogP contribution in [-0.4, -0.2) is 11.2 Å². The molecule has 1 N–H and O–H groups in total. The summed E-state index contributed by atoms with van der Waals surface area (Å²) in [5.41, 5.74) is -0.149. The summed E-state index contributed by atoms with van der Waals surface area (Å²) in [7, 11) is 0. The average molecular weight is 329 g/mol. The number of hydrogen-bond donors (Lipinski definition) is 1. The number of benzene rings is 2. The van der Waals surface area contributed by atoms with E-state index in [-0.39, 0.29) is 5.69 Å². The number of carbonyl (C=O) groups is 1. The minimum absolute atomic E-state index is 0.149. The SMILES string of the molecule is CC(Sc1ccc(F)c(F)c1)C(=O)Nc1ccc(F)cc1F. The van der Waals surface area contributed by atoms with Gasteiger partial charge in [0.1, 0.15) is 11.6 Å². The Balaban J connectivity index is 2.04. The van der Waals surface area contributed by atoms with E-state index in [4.69, 9.17) is 0 Å². The van der Waals surface area contributed by atoms with Crippen LogP contribution in [-0.2, 0) is 4.79 Å². The van der Waals surface area contributed by atoms with Crippen molar-refractivity contribution >= 4 is 23.4 Å². The molecule has 1 atom stereocenters. The molecule has 2 nitrogen and oxygen atoms in total. The molecule has 1 amide bonds. The molecule has 0 aliphatic rings. The maximum absolute atomic E-state index is 13.4. The standard InChI is InChI=1S/C15H11F4NOS/c1-8(22-10-3-4-11(17)12(18)7-10)15(21)20-14-5-2-9(16)6-13(14)19/h2-8H,1H3,(H,20,21). The lowest BCUT2D eigenvalue weighted by atomic mass is 10.3. The van der Waals surface area contributed by atoms with Crippen LogP contribution in [0.2, 0.25) is 0 Å². The van der Waals surface area contributed by atoms with Gasteiger partial charge in [-0.3, -0.25) is 4.79 Å². The van der Waals surface area contributed by atoms with Gasteiger partial charge in [0, 0.05) is 11.0 Å². The summed E-state index contributed by atoms with van der Waals surface area (Å²) in [5, 5.41) is 1.63. The summed E-state index contributed by atoms with van der Waals surface area (Å²) in [6, 6.07) is 6.06. The Hall–Kier alpha value is -2.02. The van der Waals surface area contributed by atoms with Crippen LogP contribution in [0.1, 0.15) is 6.92 Å². The molecular weight excluding hydrogens is 318 g/mol. The Morgan fingerprint density at radius 1 is 1.00 bits per heavy atom. The first-order valence-electron chi connectivity index (χ1n) is 6.24. The van der Waals surface area contributed by atoms with E-state index in [2.05, 4.69) is 5.32 Å². The second kappa shape index (κ2) is 6.83. The zero-order valence-electron chi connectivity index (χ0n) is 11.4. The van der Waals surface area contributed by atoms with Crippen LogP contribution in [0, 0.1) is 23.3 Å². The molecule has 0 heterocycles. The van der Waals surface area contributed by atoms with Gasteiger partial charge >= 0.3 is 0 Å². The zero-order chi connectivity index (χ0) is 16.3. The summed E-state index contributed by atoms with van der Waals surface area (Å²) in [4.78, 5) is 12.3. The summed E-state index contributed by atoms with van der Waals surface area (Å²) < 4.78 is 52.1. The van der Waals surface area contributed by atoms with Crippen LogP contribution >= 0.6 is 11.8 Å². The van der Waals surface area contributed by atoms with Crippen molar-refractivity contribution in [1.82, 2.24) is 0 Å². The highest BCUT2D eigenvalue weighted by Crippen LogP contribution is 2.26. The molecule has 0 saturated carbocycles. The van der Waals surface area contributed by atoms with E-state index in [0.29, 0.717) is 11.0 Å². The molecule has 7 heteroatoms. The molecule has 2 rings (SSSR count). The smallest absolute Gasteiger partial charge is 0.237 e. The molecule has 0 aliphatic heterocycles. The number of thioether (sulfide) groups is 1. The van der Waals surface area contributed by atoms with Crippen molar-refractivity contribution < 1.29 is 22.4 Å². The van der Waals surface area contributed by atoms with Crippen molar-refractivity contribution in [1.29, 1.82) is 0 Å². The predicted molar refractivity (Wildman–Crippen MR) is 76.7 cm³/mol. The van der Waals surface area contributed by atoms with Gasteiger partial charge in [-0.15, -0.1) is 11.8 Å². The largest absolute Gasteiger partial charge is 0.323 e. The number of carbonyl (C=O) groups excluding carboxylic acids is 1. The van der Waals surface area contributed by atoms with Gasteiger partial charge in [-0.25, -0.2) is 17.6 Å². The highest BCUT2D eigenvalue weighted by atomic mass is 32.2. The lowest BCUT2D eigenvalue weighted by Gasteiger charge is -2.12. The van der Waals surface area contributed by atoms with Crippen molar-refractivity contribution in [2.75, 3.05) is 5.32 Å². The fraction of sp³-hybridized carbons (Fsp3) is 0.133. The monoisotopic (exact) mass is 329 g/mol. The Labute approximate surface area is 128 Å². The van der Waals surface area contributed by atoms with Crippen LogP contribution < -0.4 is 5.32 Å². The number of hydrogen-bond acceptors (Lipinski definition) is 2. The lowest BCUT2D eigenvalue weighted by molar-refractivity contribution is -0.115. The molecule has 0 radical (unpaired) electrons. The molecule has 2 aromatic carbocycles. The van der Waals surface area contributed by atoms with Crippen LogP contribution in [0.15, 0.2) is 41.3 Å². The van der Waals surface area contributed by atoms with E-state index in [1.807, 2.05) is 0 Å². The van der Waals surface area contributed by atoms with Crippen molar-refractivity contribution in [2.45, 2.75) is 17.1 Å². The Morgan fingerprint density at radius 2 is 1.73 bits per heavy atom. The van der Waals surface area contributed by atoms with E-state index in [0.717, 1.165) is 36.0 Å². The molecule has 2 aromatic rings. The van der Waals surface area contributed by atoms with E-state index < -0.39 is 34.4 Å². The van der Waals surface area contributed by atoms with Crippen LogP contribution in [0.3, 0.4) is 0 Å². The number of anilines is 1. The topological polar surface area (TPSA) is 29.1 Å². The Kier molecular flexibility index (Phi) is 5.07. The van der Waals surface area contributed by atoms with E-state index in [1.54, 1.807) is 0 Å². The van der Waals surface area contributed by atoms with Crippen molar-refractivity contribution in [3.63, 3.8) is 0 Å². The molecule has 0 saturated heterocycles. The van der Waals surface area contributed by atoms with Gasteiger partial charge in [0.2, 0.25) is 5.91 Å². The van der Waals surface area contributed by atoms with Crippen LogP contribution in [0.5, 0.6) is 0 Å². The number of rotatable bonds is 4. The third kappa shape index (κ3) is 4.00. The van der Waals surface area contributed by atoms with Gasteiger partial charge in [-0.1, -0.05) is 0 Å². The van der Waals surface area contributed by atoms with Gasteiger partial charge in [0.05, 0.1) is 10.9 Å². The number of nitrogens with one attached hydrogen (secondary N) is 1. The van der Waals surface area contributed by atoms with Gasteiger partial charge in [0.15, 0.2) is 11.6 Å². The minimum Gasteiger partial charge on any atom is -0.323 e. The highest BCUT2D eigenvalue weighted by molar-refractivity contribution is 8.00. The summed E-state index contributed by atoms with van der Waals surface area (Å²) in [6.45, 7) is 1.53. The van der Waals surface area contributed by atoms with Crippen LogP contribution in [0.4, 0.5) is 23.2 Å². The van der Waals surface area contributed by atoms with Gasteiger partial charge < -0.3 is 5.32 Å². The second-order valence-corrected chi connectivity index (χ2v) is 5.86. The quantitative estimate of drug-likeness (QED) is 0.667. The molecule has 0 fully saturated rings. The fourth-order valence-electron chi connectivity index (χ4n) is 1.63. The normalized spacial score (nSPS) is 12.0. The first kappa shape index (κ1) is 16.4. The Morgan fingerprint density at radius 3 is 2.36 bits per heavy atom. The summed E-state index contributed by atoms with van der Waals surface area (Å²) in [6.07, 6.45) is 0. The van der Waals surface area contributed by atoms with Gasteiger partial charge in [0.25, 0.3) is 0 Å². The van der Waals surface area contributed by atoms with Crippen molar-refractivity contribution in [2.24, 2.45) is 0 Å². The predicted octanol–water partition coefficient (Wildman–Crippen LogP) is 4.36. The zero-order valence-corrected chi connectivity index (χ0v) is 12.2. The average Bonchev–Trinajstić information content (AvgIpc) is 2.45. The van der Waals surface area contributed by atoms with Gasteiger partial charge in [-0.2, -0.15) is 0 Å². The number of halogens is 4. The number of amides is 1. The van der Waals surface area contributed by atoms with E-state index in [9.17, 15) is 22.4 Å². The van der Waals surface area contributed by atoms with Gasteiger partial charge in [-0.05, 0) is 37.3 Å². The van der Waals surface area contributed by atoms with E-state index in [1.165, 1.54) is 13.0 Å². The van der Waals surface area contributed by atoms with Crippen LogP contribution in [0.25, 0.3) is 0 Å². The summed E-state index contributed by atoms with van der Waals surface area (Å²) >= 11 is 0.988. The van der Waals surface area contributed by atoms with Crippen molar-refractivity contribution in [3.8, 4) is 0 Å². The maximum Gasteiger partial charge on any atom is 0.237 e. The molecule has 22 heavy (non-hydrogen) atoms. The molecular formula is C15H11F4NOS. The molecule has 1 unspecified atom stereocenters. The lowest BCUT2D eigenvalue weighted by Crippen LogP contribution is -2.23. The Bertz CT molecular complexity index is 708. The molecule has 0 aliphatic carbocycles. The molecule has 0 aromatic heterocycles. The summed E-state index contributed by atoms with van der Waals surface area (Å²) in [5.74, 6) is -4.17. The maximum atomic E-state index is 13.4. The first-order valence-corrected chi connectivity index (χ1v) is 7.12. The molecule has 116 valence electrons. The highest BCUT2D eigenvalue weighted by Gasteiger charge is 2.17. The van der Waals surface area contributed by atoms with Crippen molar-refractivity contribution in [3.05, 3.63) is 59.7 Å². The third-order valence-electron chi connectivity index (χ3n) is 2.76. The fourth-order valence-corrected chi connectivity index (χ4v) is 2.53.